The number of unbranched alkanes of at least 4 members (excludes halogenated alkanes) is 3. The molecule has 0 aromatic heterocycles. The molecule has 0 saturated carbocycles. The van der Waals surface area contributed by atoms with Gasteiger partial charge in [-0.15, -0.1) is 0 Å². The van der Waals surface area contributed by atoms with Crippen molar-refractivity contribution in [3.63, 3.8) is 0 Å². The number of ketones is 1. The fraction of sp³-hybridized carbons (Fsp3) is 0.600. The summed E-state index contributed by atoms with van der Waals surface area (Å²) in [6.07, 6.45) is 5.75. The van der Waals surface area contributed by atoms with Crippen LogP contribution in [0.2, 0.25) is 0 Å². The molecule has 0 radical (unpaired) electrons. The molecule has 0 fully saturated rings. The monoisotopic (exact) mass is 333 g/mol. The number of amides is 1. The van der Waals surface area contributed by atoms with E-state index in [1.165, 1.54) is 0 Å². The Morgan fingerprint density at radius 3 is 2.17 bits per heavy atom. The summed E-state index contributed by atoms with van der Waals surface area (Å²) in [6.45, 7) is 5.80. The van der Waals surface area contributed by atoms with Gasteiger partial charge in [-0.05, 0) is 30.9 Å². The Morgan fingerprint density at radius 2 is 1.54 bits per heavy atom. The lowest BCUT2D eigenvalue weighted by Crippen LogP contribution is -2.22. The largest absolute Gasteiger partial charge is 0.377 e. The predicted octanol–water partition coefficient (Wildman–Crippen LogP) is 4.16. The molecule has 0 aliphatic rings. The Balaban J connectivity index is 2.10. The van der Waals surface area contributed by atoms with Crippen molar-refractivity contribution in [3.05, 3.63) is 35.4 Å². The molecule has 1 N–H and O–H groups in total. The van der Waals surface area contributed by atoms with Crippen LogP contribution in [0.1, 0.15) is 69.9 Å². The van der Waals surface area contributed by atoms with Crippen molar-refractivity contribution >= 4 is 11.7 Å². The van der Waals surface area contributed by atoms with Gasteiger partial charge in [-0.2, -0.15) is 0 Å². The first-order chi connectivity index (χ1) is 11.7. The maximum Gasteiger partial charge on any atom is 0.220 e. The van der Waals surface area contributed by atoms with Gasteiger partial charge in [0, 0.05) is 32.4 Å². The predicted molar refractivity (Wildman–Crippen MR) is 96.6 cm³/mol. The van der Waals surface area contributed by atoms with Crippen molar-refractivity contribution in [1.82, 2.24) is 5.32 Å². The van der Waals surface area contributed by atoms with Crippen molar-refractivity contribution in [2.24, 2.45) is 0 Å². The van der Waals surface area contributed by atoms with E-state index in [9.17, 15) is 9.59 Å². The summed E-state index contributed by atoms with van der Waals surface area (Å²) in [7, 11) is 0. The van der Waals surface area contributed by atoms with Crippen molar-refractivity contribution in [3.8, 4) is 0 Å². The minimum atomic E-state index is 0.0954. The van der Waals surface area contributed by atoms with Gasteiger partial charge in [0.05, 0.1) is 6.61 Å². The maximum absolute atomic E-state index is 11.8. The smallest absolute Gasteiger partial charge is 0.220 e. The molecule has 0 atom stereocenters. The number of hydrogen-bond donors (Lipinski definition) is 1. The van der Waals surface area contributed by atoms with Crippen LogP contribution >= 0.6 is 0 Å². The average Bonchev–Trinajstić information content (AvgIpc) is 2.61. The van der Waals surface area contributed by atoms with Gasteiger partial charge in [-0.1, -0.05) is 44.0 Å². The zero-order chi connectivity index (χ0) is 17.6. The molecule has 0 bridgehead atoms. The molecular weight excluding hydrogens is 302 g/mol. The fourth-order valence-corrected chi connectivity index (χ4v) is 2.40. The number of ether oxygens (including phenoxy) is 1. The Morgan fingerprint density at radius 1 is 0.917 bits per heavy atom. The molecule has 0 unspecified atom stereocenters. The number of Topliss-reactive ketones (excluding diaryl/α,β-unsaturated/α-hetero) is 1. The fourth-order valence-electron chi connectivity index (χ4n) is 2.40. The molecule has 0 aliphatic carbocycles. The van der Waals surface area contributed by atoms with Crippen molar-refractivity contribution in [2.45, 2.75) is 71.9 Å². The van der Waals surface area contributed by atoms with E-state index >= 15 is 0 Å². The van der Waals surface area contributed by atoms with Crippen LogP contribution in [-0.4, -0.2) is 18.3 Å². The molecule has 4 nitrogen and oxygen atoms in total. The third-order valence-corrected chi connectivity index (χ3v) is 3.99. The molecule has 0 aliphatic heterocycles. The SMILES string of the molecule is CCOCc1ccc(CNC(=O)CCCCCCC(=O)CC)cc1. The van der Waals surface area contributed by atoms with Crippen LogP contribution in [0.15, 0.2) is 24.3 Å². The van der Waals surface area contributed by atoms with E-state index in [-0.39, 0.29) is 5.91 Å². The highest BCUT2D eigenvalue weighted by molar-refractivity contribution is 5.77. The number of hydrogen-bond acceptors (Lipinski definition) is 3. The lowest BCUT2D eigenvalue weighted by molar-refractivity contribution is -0.121. The summed E-state index contributed by atoms with van der Waals surface area (Å²) >= 11 is 0. The second-order valence-corrected chi connectivity index (χ2v) is 6.04. The van der Waals surface area contributed by atoms with Gasteiger partial charge >= 0.3 is 0 Å². The molecule has 1 rings (SSSR count). The highest BCUT2D eigenvalue weighted by Gasteiger charge is 2.03. The van der Waals surface area contributed by atoms with Gasteiger partial charge in [-0.25, -0.2) is 0 Å². The normalized spacial score (nSPS) is 10.6. The van der Waals surface area contributed by atoms with Crippen LogP contribution in [0.3, 0.4) is 0 Å². The van der Waals surface area contributed by atoms with Crippen molar-refractivity contribution < 1.29 is 14.3 Å². The molecule has 1 aromatic carbocycles. The minimum Gasteiger partial charge on any atom is -0.377 e. The molecule has 134 valence electrons. The van der Waals surface area contributed by atoms with Gasteiger partial charge in [0.1, 0.15) is 5.78 Å². The van der Waals surface area contributed by atoms with E-state index in [1.54, 1.807) is 0 Å². The second-order valence-electron chi connectivity index (χ2n) is 6.04. The van der Waals surface area contributed by atoms with Crippen LogP contribution in [0.25, 0.3) is 0 Å². The van der Waals surface area contributed by atoms with E-state index in [2.05, 4.69) is 5.32 Å². The van der Waals surface area contributed by atoms with Gasteiger partial charge in [0.25, 0.3) is 0 Å². The van der Waals surface area contributed by atoms with Crippen molar-refractivity contribution in [1.29, 1.82) is 0 Å². The van der Waals surface area contributed by atoms with E-state index < -0.39 is 0 Å². The quantitative estimate of drug-likeness (QED) is 0.552. The van der Waals surface area contributed by atoms with Crippen LogP contribution in [0, 0.1) is 0 Å². The summed E-state index contributed by atoms with van der Waals surface area (Å²) in [5, 5.41) is 2.96. The van der Waals surface area contributed by atoms with E-state index in [0.29, 0.717) is 44.8 Å². The van der Waals surface area contributed by atoms with E-state index in [4.69, 9.17) is 4.74 Å². The zero-order valence-corrected chi connectivity index (χ0v) is 15.1. The minimum absolute atomic E-state index is 0.0954. The summed E-state index contributed by atoms with van der Waals surface area (Å²) in [6, 6.07) is 8.13. The molecule has 24 heavy (non-hydrogen) atoms. The molecule has 4 heteroatoms. The Labute approximate surface area is 146 Å². The number of carbonyl (C=O) groups excluding carboxylic acids is 2. The first-order valence-electron chi connectivity index (χ1n) is 9.09. The van der Waals surface area contributed by atoms with Gasteiger partial charge in [0.2, 0.25) is 5.91 Å². The van der Waals surface area contributed by atoms with Crippen LogP contribution in [-0.2, 0) is 27.5 Å². The lowest BCUT2D eigenvalue weighted by Gasteiger charge is -2.07. The van der Waals surface area contributed by atoms with Crippen LogP contribution in [0.4, 0.5) is 0 Å². The summed E-state index contributed by atoms with van der Waals surface area (Å²) in [5.41, 5.74) is 2.25. The topological polar surface area (TPSA) is 55.4 Å². The zero-order valence-electron chi connectivity index (χ0n) is 15.1. The summed E-state index contributed by atoms with van der Waals surface area (Å²) in [5.74, 6) is 0.429. The third-order valence-electron chi connectivity index (χ3n) is 3.99. The Hall–Kier alpha value is -1.68. The van der Waals surface area contributed by atoms with E-state index in [1.807, 2.05) is 38.1 Å². The summed E-state index contributed by atoms with van der Waals surface area (Å²) in [4.78, 5) is 23.0. The van der Waals surface area contributed by atoms with Gasteiger partial charge in [-0.3, -0.25) is 9.59 Å². The standard InChI is InChI=1S/C20H31NO3/c1-3-19(22)9-7-5-6-8-10-20(23)21-15-17-11-13-18(14-12-17)16-24-4-2/h11-14H,3-10,15-16H2,1-2H3,(H,21,23). The van der Waals surface area contributed by atoms with Crippen LogP contribution < -0.4 is 5.32 Å². The van der Waals surface area contributed by atoms with E-state index in [0.717, 1.165) is 36.8 Å². The first-order valence-corrected chi connectivity index (χ1v) is 9.09. The van der Waals surface area contributed by atoms with Crippen molar-refractivity contribution in [2.75, 3.05) is 6.61 Å². The summed E-state index contributed by atoms with van der Waals surface area (Å²) < 4.78 is 5.36. The molecule has 1 amide bonds. The second kappa shape index (κ2) is 12.7. The van der Waals surface area contributed by atoms with Gasteiger partial charge < -0.3 is 10.1 Å². The van der Waals surface area contributed by atoms with Crippen LogP contribution in [0.5, 0.6) is 0 Å². The molecular formula is C20H31NO3. The molecule has 1 aromatic rings. The number of rotatable bonds is 13. The lowest BCUT2D eigenvalue weighted by atomic mass is 10.1. The Bertz CT molecular complexity index is 482. The highest BCUT2D eigenvalue weighted by atomic mass is 16.5. The molecule has 0 spiro atoms. The number of carbonyl (C=O) groups is 2. The molecule has 0 saturated heterocycles. The highest BCUT2D eigenvalue weighted by Crippen LogP contribution is 2.08. The number of benzene rings is 1. The molecule has 0 heterocycles. The number of nitrogens with one attached hydrogen (secondary N) is 1. The average molecular weight is 333 g/mol. The first kappa shape index (κ1) is 20.4. The maximum atomic E-state index is 11.8. The van der Waals surface area contributed by atoms with Gasteiger partial charge in [0.15, 0.2) is 0 Å². The third kappa shape index (κ3) is 9.46. The Kier molecular flexibility index (Phi) is 10.8.